The first-order valence-electron chi connectivity index (χ1n) is 6.26. The lowest BCUT2D eigenvalue weighted by Gasteiger charge is -2.30. The van der Waals surface area contributed by atoms with Crippen LogP contribution in [0.3, 0.4) is 0 Å². The topological polar surface area (TPSA) is 42.4 Å². The highest BCUT2D eigenvalue weighted by atomic mass is 16.5. The molecular weight excluding hydrogens is 216 g/mol. The molecule has 4 heteroatoms. The van der Waals surface area contributed by atoms with Gasteiger partial charge in [-0.1, -0.05) is 0 Å². The van der Waals surface area contributed by atoms with Gasteiger partial charge in [0.25, 0.3) is 0 Å². The largest absolute Gasteiger partial charge is 0.462 e. The van der Waals surface area contributed by atoms with Gasteiger partial charge in [0.05, 0.1) is 6.61 Å². The van der Waals surface area contributed by atoms with E-state index in [0.29, 0.717) is 12.2 Å². The maximum absolute atomic E-state index is 11.9. The summed E-state index contributed by atoms with van der Waals surface area (Å²) in [5, 5.41) is 0. The van der Waals surface area contributed by atoms with Gasteiger partial charge in [-0.2, -0.15) is 0 Å². The molecule has 3 rings (SSSR count). The molecule has 0 amide bonds. The number of hydrogen-bond donors (Lipinski definition) is 0. The molecule has 0 aromatic carbocycles. The summed E-state index contributed by atoms with van der Waals surface area (Å²) in [6.45, 7) is 2.49. The van der Waals surface area contributed by atoms with E-state index < -0.39 is 0 Å². The number of rotatable bonds is 1. The van der Waals surface area contributed by atoms with Crippen LogP contribution in [0.2, 0.25) is 0 Å². The van der Waals surface area contributed by atoms with E-state index in [9.17, 15) is 4.79 Å². The molecule has 0 saturated carbocycles. The number of anilines is 1. The van der Waals surface area contributed by atoms with Gasteiger partial charge in [-0.25, -0.2) is 9.78 Å². The van der Waals surface area contributed by atoms with Crippen LogP contribution in [0.1, 0.15) is 35.2 Å². The van der Waals surface area contributed by atoms with Crippen LogP contribution in [0.4, 0.5) is 5.82 Å². The second-order valence-corrected chi connectivity index (χ2v) is 4.60. The van der Waals surface area contributed by atoms with Gasteiger partial charge in [0.2, 0.25) is 0 Å². The summed E-state index contributed by atoms with van der Waals surface area (Å²) in [5.41, 5.74) is 1.78. The zero-order valence-corrected chi connectivity index (χ0v) is 9.82. The Morgan fingerprint density at radius 2 is 2.06 bits per heavy atom. The first-order valence-corrected chi connectivity index (χ1v) is 6.26. The van der Waals surface area contributed by atoms with Gasteiger partial charge < -0.3 is 9.64 Å². The van der Waals surface area contributed by atoms with Crippen molar-refractivity contribution in [3.8, 4) is 0 Å². The van der Waals surface area contributed by atoms with Gasteiger partial charge in [0.1, 0.15) is 11.4 Å². The first kappa shape index (κ1) is 10.6. The average Bonchev–Trinajstić information content (AvgIpc) is 2.39. The molecule has 0 spiro atoms. The average molecular weight is 232 g/mol. The van der Waals surface area contributed by atoms with Crippen molar-refractivity contribution in [3.05, 3.63) is 23.4 Å². The summed E-state index contributed by atoms with van der Waals surface area (Å²) in [4.78, 5) is 18.5. The van der Waals surface area contributed by atoms with E-state index in [4.69, 9.17) is 4.74 Å². The second kappa shape index (κ2) is 4.35. The lowest BCUT2D eigenvalue weighted by molar-refractivity contribution is 0.0480. The minimum absolute atomic E-state index is 0.208. The van der Waals surface area contributed by atoms with Crippen LogP contribution in [0, 0.1) is 0 Å². The number of cyclic esters (lactones) is 1. The predicted molar refractivity (Wildman–Crippen MR) is 64.3 cm³/mol. The molecule has 2 aliphatic rings. The third-order valence-electron chi connectivity index (χ3n) is 3.48. The molecule has 0 atom stereocenters. The Hall–Kier alpha value is -1.58. The Morgan fingerprint density at radius 1 is 1.24 bits per heavy atom. The highest BCUT2D eigenvalue weighted by Gasteiger charge is 2.26. The molecule has 1 saturated heterocycles. The van der Waals surface area contributed by atoms with Crippen molar-refractivity contribution in [2.24, 2.45) is 0 Å². The number of nitrogens with zero attached hydrogens (tertiary/aromatic N) is 2. The van der Waals surface area contributed by atoms with E-state index in [1.807, 2.05) is 6.07 Å². The summed E-state index contributed by atoms with van der Waals surface area (Å²) < 4.78 is 5.13. The number of esters is 1. The van der Waals surface area contributed by atoms with Crippen LogP contribution < -0.4 is 4.90 Å². The Bertz CT molecular complexity index is 439. The zero-order chi connectivity index (χ0) is 11.7. The molecule has 0 N–H and O–H groups in total. The van der Waals surface area contributed by atoms with Gasteiger partial charge in [0, 0.05) is 25.7 Å². The van der Waals surface area contributed by atoms with Crippen LogP contribution >= 0.6 is 0 Å². The van der Waals surface area contributed by atoms with Crippen molar-refractivity contribution in [1.82, 2.24) is 4.98 Å². The van der Waals surface area contributed by atoms with E-state index in [-0.39, 0.29) is 5.97 Å². The minimum atomic E-state index is -0.208. The van der Waals surface area contributed by atoms with E-state index >= 15 is 0 Å². The number of aromatic nitrogens is 1. The van der Waals surface area contributed by atoms with Gasteiger partial charge >= 0.3 is 5.97 Å². The summed E-state index contributed by atoms with van der Waals surface area (Å²) in [6, 6.07) is 1.93. The number of carbonyl (C=O) groups excluding carboxylic acids is 1. The molecule has 4 nitrogen and oxygen atoms in total. The highest BCUT2D eigenvalue weighted by Crippen LogP contribution is 2.27. The molecule has 90 valence electrons. The summed E-state index contributed by atoms with van der Waals surface area (Å²) in [6.07, 6.45) is 6.25. The predicted octanol–water partition coefficient (Wildman–Crippen LogP) is 1.78. The van der Waals surface area contributed by atoms with E-state index in [1.54, 1.807) is 6.20 Å². The maximum atomic E-state index is 11.9. The van der Waals surface area contributed by atoms with Crippen LogP contribution in [0.15, 0.2) is 12.3 Å². The third kappa shape index (κ3) is 1.88. The summed E-state index contributed by atoms with van der Waals surface area (Å²) in [7, 11) is 0. The second-order valence-electron chi connectivity index (χ2n) is 4.60. The molecule has 0 bridgehead atoms. The minimum Gasteiger partial charge on any atom is -0.462 e. The number of piperidine rings is 1. The van der Waals surface area contributed by atoms with Crippen molar-refractivity contribution >= 4 is 11.8 Å². The quantitative estimate of drug-likeness (QED) is 0.692. The Balaban J connectivity index is 2.01. The number of ether oxygens (including phenoxy) is 1. The third-order valence-corrected chi connectivity index (χ3v) is 3.48. The monoisotopic (exact) mass is 232 g/mol. The fourth-order valence-electron chi connectivity index (χ4n) is 2.59. The molecule has 3 heterocycles. The molecule has 0 radical (unpaired) electrons. The molecule has 1 aromatic rings. The fraction of sp³-hybridized carbons (Fsp3) is 0.538. The molecule has 1 fully saturated rings. The maximum Gasteiger partial charge on any atom is 0.342 e. The molecular formula is C13H16N2O2. The summed E-state index contributed by atoms with van der Waals surface area (Å²) in [5.74, 6) is 0.617. The lowest BCUT2D eigenvalue weighted by atomic mass is 10.0. The number of pyridine rings is 1. The van der Waals surface area contributed by atoms with Crippen molar-refractivity contribution in [3.63, 3.8) is 0 Å². The number of carbonyl (C=O) groups is 1. The van der Waals surface area contributed by atoms with Crippen molar-refractivity contribution in [2.75, 3.05) is 24.6 Å². The van der Waals surface area contributed by atoms with Crippen LogP contribution in [0.5, 0.6) is 0 Å². The Morgan fingerprint density at radius 3 is 2.88 bits per heavy atom. The van der Waals surface area contributed by atoms with E-state index in [2.05, 4.69) is 9.88 Å². The fourth-order valence-corrected chi connectivity index (χ4v) is 2.59. The van der Waals surface area contributed by atoms with Gasteiger partial charge in [-0.15, -0.1) is 0 Å². The molecule has 2 aliphatic heterocycles. The standard InChI is InChI=1S/C13H16N2O2/c16-13-11-10(5-9-17-13)4-6-14-12(11)15-7-2-1-3-8-15/h4,6H,1-3,5,7-9H2. The van der Waals surface area contributed by atoms with Gasteiger partial charge in [-0.05, 0) is 30.9 Å². The van der Waals surface area contributed by atoms with Crippen LogP contribution in [-0.4, -0.2) is 30.6 Å². The normalized spacial score (nSPS) is 19.8. The molecule has 1 aromatic heterocycles. The van der Waals surface area contributed by atoms with Gasteiger partial charge in [0.15, 0.2) is 0 Å². The van der Waals surface area contributed by atoms with E-state index in [0.717, 1.165) is 30.9 Å². The molecule has 17 heavy (non-hydrogen) atoms. The Kier molecular flexibility index (Phi) is 2.71. The SMILES string of the molecule is O=C1OCCc2ccnc(N3CCCCC3)c21. The highest BCUT2D eigenvalue weighted by molar-refractivity contribution is 5.97. The lowest BCUT2D eigenvalue weighted by Crippen LogP contribution is -2.33. The zero-order valence-electron chi connectivity index (χ0n) is 9.82. The van der Waals surface area contributed by atoms with Gasteiger partial charge in [-0.3, -0.25) is 0 Å². The smallest absolute Gasteiger partial charge is 0.342 e. The first-order chi connectivity index (χ1) is 8.36. The van der Waals surface area contributed by atoms with Crippen LogP contribution in [-0.2, 0) is 11.2 Å². The van der Waals surface area contributed by atoms with Crippen molar-refractivity contribution < 1.29 is 9.53 Å². The Labute approximate surface area is 101 Å². The summed E-state index contributed by atoms with van der Waals surface area (Å²) >= 11 is 0. The number of fused-ring (bicyclic) bond motifs is 1. The van der Waals surface area contributed by atoms with Crippen molar-refractivity contribution in [2.45, 2.75) is 25.7 Å². The van der Waals surface area contributed by atoms with E-state index in [1.165, 1.54) is 19.3 Å². The molecule has 0 unspecified atom stereocenters. The number of hydrogen-bond acceptors (Lipinski definition) is 4. The van der Waals surface area contributed by atoms with Crippen molar-refractivity contribution in [1.29, 1.82) is 0 Å². The molecule has 0 aliphatic carbocycles. The van der Waals surface area contributed by atoms with Crippen LogP contribution in [0.25, 0.3) is 0 Å².